The molecular formula is C37H46N4O6. The van der Waals surface area contributed by atoms with Gasteiger partial charge in [0.1, 0.15) is 11.6 Å². The normalized spacial score (nSPS) is 27.3. The van der Waals surface area contributed by atoms with E-state index in [9.17, 15) is 19.5 Å². The highest BCUT2D eigenvalue weighted by Crippen LogP contribution is 2.60. The molecule has 10 nitrogen and oxygen atoms in total. The number of benzene rings is 2. The van der Waals surface area contributed by atoms with Crippen LogP contribution in [0.1, 0.15) is 30.0 Å². The van der Waals surface area contributed by atoms with E-state index in [2.05, 4.69) is 18.1 Å². The Balaban J connectivity index is 1.36. The Hall–Kier alpha value is -3.83. The van der Waals surface area contributed by atoms with Gasteiger partial charge in [0.15, 0.2) is 0 Å². The van der Waals surface area contributed by atoms with Gasteiger partial charge in [0.25, 0.3) is 0 Å². The van der Waals surface area contributed by atoms with Gasteiger partial charge in [-0.3, -0.25) is 19.3 Å². The van der Waals surface area contributed by atoms with Crippen LogP contribution in [0.3, 0.4) is 0 Å². The number of nitrogens with zero attached hydrogens (tertiary/aromatic N) is 4. The van der Waals surface area contributed by atoms with E-state index < -0.39 is 35.6 Å². The van der Waals surface area contributed by atoms with Crippen molar-refractivity contribution < 1.29 is 29.0 Å². The molecule has 0 saturated carbocycles. The van der Waals surface area contributed by atoms with Crippen LogP contribution in [0.25, 0.3) is 0 Å². The number of carbonyl (C=O) groups excluding carboxylic acids is 3. The van der Waals surface area contributed by atoms with Crippen LogP contribution in [0.2, 0.25) is 0 Å². The highest BCUT2D eigenvalue weighted by Gasteiger charge is 2.75. The Labute approximate surface area is 277 Å². The summed E-state index contributed by atoms with van der Waals surface area (Å²) in [5.41, 5.74) is 0.501. The molecule has 1 spiro atoms. The molecule has 2 bridgehead atoms. The van der Waals surface area contributed by atoms with Crippen molar-refractivity contribution in [3.05, 3.63) is 97.1 Å². The number of rotatable bonds is 14. The molecule has 1 N–H and O–H groups in total. The number of amides is 3. The Morgan fingerprint density at radius 1 is 0.979 bits per heavy atom. The van der Waals surface area contributed by atoms with Gasteiger partial charge >= 0.3 is 0 Å². The van der Waals surface area contributed by atoms with E-state index >= 15 is 0 Å². The van der Waals surface area contributed by atoms with Gasteiger partial charge < -0.3 is 29.3 Å². The lowest BCUT2D eigenvalue weighted by molar-refractivity contribution is -0.152. The monoisotopic (exact) mass is 642 g/mol. The van der Waals surface area contributed by atoms with Gasteiger partial charge in [0.2, 0.25) is 17.7 Å². The average molecular weight is 643 g/mol. The minimum Gasteiger partial charge on any atom is -0.394 e. The number of morpholine rings is 1. The van der Waals surface area contributed by atoms with Crippen LogP contribution in [0.15, 0.2) is 86.0 Å². The molecule has 0 radical (unpaired) electrons. The second-order valence-corrected chi connectivity index (χ2v) is 12.9. The number of aliphatic hydroxyl groups is 1. The molecule has 10 heteroatoms. The van der Waals surface area contributed by atoms with Crippen LogP contribution in [0.4, 0.5) is 0 Å². The molecule has 250 valence electrons. The number of hydrogen-bond donors (Lipinski definition) is 1. The third kappa shape index (κ3) is 6.27. The highest BCUT2D eigenvalue weighted by atomic mass is 16.5. The first-order valence-corrected chi connectivity index (χ1v) is 16.7. The van der Waals surface area contributed by atoms with Crippen LogP contribution in [0.5, 0.6) is 0 Å². The summed E-state index contributed by atoms with van der Waals surface area (Å²) in [5.74, 6) is -2.35. The summed E-state index contributed by atoms with van der Waals surface area (Å²) >= 11 is 0. The Kier molecular flexibility index (Phi) is 10.2. The molecule has 2 unspecified atom stereocenters. The fourth-order valence-corrected chi connectivity index (χ4v) is 8.13. The van der Waals surface area contributed by atoms with Crippen LogP contribution < -0.4 is 0 Å². The second-order valence-electron chi connectivity index (χ2n) is 12.9. The van der Waals surface area contributed by atoms with Crippen molar-refractivity contribution in [1.82, 2.24) is 19.6 Å². The first kappa shape index (κ1) is 33.1. The van der Waals surface area contributed by atoms with Gasteiger partial charge in [-0.1, -0.05) is 72.8 Å². The van der Waals surface area contributed by atoms with Crippen molar-refractivity contribution in [2.75, 3.05) is 59.1 Å². The molecule has 0 aliphatic carbocycles. The second kappa shape index (κ2) is 14.5. The van der Waals surface area contributed by atoms with Crippen molar-refractivity contribution in [3.8, 4) is 0 Å². The number of ether oxygens (including phenoxy) is 2. The summed E-state index contributed by atoms with van der Waals surface area (Å²) < 4.78 is 12.3. The van der Waals surface area contributed by atoms with Gasteiger partial charge in [0.05, 0.1) is 43.8 Å². The summed E-state index contributed by atoms with van der Waals surface area (Å²) in [7, 11) is 0. The lowest BCUT2D eigenvalue weighted by atomic mass is 9.70. The number of aliphatic hydroxyl groups excluding tert-OH is 1. The van der Waals surface area contributed by atoms with Crippen molar-refractivity contribution in [2.45, 2.75) is 43.2 Å². The van der Waals surface area contributed by atoms with Crippen LogP contribution in [-0.2, 0) is 30.4 Å². The van der Waals surface area contributed by atoms with Gasteiger partial charge in [-0.15, -0.1) is 13.2 Å². The predicted octanol–water partition coefficient (Wildman–Crippen LogP) is 2.66. The van der Waals surface area contributed by atoms with Crippen LogP contribution >= 0.6 is 0 Å². The zero-order chi connectivity index (χ0) is 33.0. The maximum Gasteiger partial charge on any atom is 0.248 e. The molecule has 4 aliphatic heterocycles. The van der Waals surface area contributed by atoms with Gasteiger partial charge in [0, 0.05) is 45.8 Å². The Morgan fingerprint density at radius 2 is 1.64 bits per heavy atom. The largest absolute Gasteiger partial charge is 0.394 e. The maximum absolute atomic E-state index is 14.9. The third-order valence-corrected chi connectivity index (χ3v) is 10.3. The van der Waals surface area contributed by atoms with Crippen molar-refractivity contribution >= 4 is 17.7 Å². The van der Waals surface area contributed by atoms with E-state index in [1.165, 1.54) is 0 Å². The zero-order valence-corrected chi connectivity index (χ0v) is 27.0. The molecule has 4 aliphatic rings. The first-order chi connectivity index (χ1) is 22.9. The Morgan fingerprint density at radius 3 is 2.30 bits per heavy atom. The molecule has 6 rings (SSSR count). The van der Waals surface area contributed by atoms with Crippen molar-refractivity contribution in [2.24, 2.45) is 11.8 Å². The molecule has 2 aromatic carbocycles. The van der Waals surface area contributed by atoms with Crippen LogP contribution in [0, 0.1) is 11.8 Å². The molecule has 6 atom stereocenters. The number of fused-ring (bicyclic) bond motifs is 1. The predicted molar refractivity (Wildman–Crippen MR) is 177 cm³/mol. The van der Waals surface area contributed by atoms with E-state index in [1.54, 1.807) is 26.9 Å². The quantitative estimate of drug-likeness (QED) is 0.316. The summed E-state index contributed by atoms with van der Waals surface area (Å²) in [6, 6.07) is 17.2. The van der Waals surface area contributed by atoms with Gasteiger partial charge in [-0.05, 0) is 24.0 Å². The fraction of sp³-hybridized carbons (Fsp3) is 0.486. The molecule has 0 aromatic heterocycles. The summed E-state index contributed by atoms with van der Waals surface area (Å²) in [5, 5.41) is 10.8. The Bertz CT molecular complexity index is 1430. The van der Waals surface area contributed by atoms with E-state index in [0.29, 0.717) is 58.8 Å². The van der Waals surface area contributed by atoms with E-state index in [-0.39, 0.29) is 24.3 Å². The fourth-order valence-electron chi connectivity index (χ4n) is 8.13. The topological polar surface area (TPSA) is 103 Å². The maximum atomic E-state index is 14.9. The molecule has 4 heterocycles. The average Bonchev–Trinajstić information content (AvgIpc) is 3.75. The van der Waals surface area contributed by atoms with E-state index in [0.717, 1.165) is 24.2 Å². The standard InChI is InChI=1S/C37H46N4O6/c1-3-17-39(20-19-38-21-23-46-24-22-38)36(45)33-37-16-15-30(47-37)31(34(43)40(18-4-2)25-27-11-7-5-8-12-27)32(37)35(44)41(33)29(26-42)28-13-9-6-10-14-28/h3-14,29-33,42H,1-2,15-26H2/t29-,30-,31+,32+,33?,37?/m1/s1. The number of likely N-dealkylation sites (tertiary alicyclic amines) is 1. The minimum atomic E-state index is -1.19. The molecule has 47 heavy (non-hydrogen) atoms. The SMILES string of the molecule is C=CCN(CCN1CCOCC1)C(=O)C1N([C@H](CO)c2ccccc2)C(=O)[C@@H]2[C@@H](C(=O)N(CC=C)Cc3ccccc3)[C@H]3CCC12O3. The first-order valence-electron chi connectivity index (χ1n) is 16.7. The van der Waals surface area contributed by atoms with E-state index in [1.807, 2.05) is 60.7 Å². The lowest BCUT2D eigenvalue weighted by Gasteiger charge is -2.40. The van der Waals surface area contributed by atoms with E-state index in [4.69, 9.17) is 9.47 Å². The molecule has 2 aromatic rings. The smallest absolute Gasteiger partial charge is 0.248 e. The summed E-state index contributed by atoms with van der Waals surface area (Å²) in [4.78, 5) is 51.5. The summed E-state index contributed by atoms with van der Waals surface area (Å²) in [6.45, 7) is 12.4. The van der Waals surface area contributed by atoms with Crippen LogP contribution in [-0.4, -0.2) is 119 Å². The molecule has 4 fully saturated rings. The van der Waals surface area contributed by atoms with Gasteiger partial charge in [-0.25, -0.2) is 0 Å². The van der Waals surface area contributed by atoms with Gasteiger partial charge in [-0.2, -0.15) is 0 Å². The number of hydrogen-bond acceptors (Lipinski definition) is 7. The zero-order valence-electron chi connectivity index (χ0n) is 27.0. The molecular weight excluding hydrogens is 596 g/mol. The van der Waals surface area contributed by atoms with Crippen molar-refractivity contribution in [1.29, 1.82) is 0 Å². The third-order valence-electron chi connectivity index (χ3n) is 10.3. The molecule has 4 saturated heterocycles. The van der Waals surface area contributed by atoms with Crippen molar-refractivity contribution in [3.63, 3.8) is 0 Å². The molecule has 3 amide bonds. The number of carbonyl (C=O) groups is 3. The lowest BCUT2D eigenvalue weighted by Crippen LogP contribution is -2.58. The minimum absolute atomic E-state index is 0.178. The summed E-state index contributed by atoms with van der Waals surface area (Å²) in [6.07, 6.45) is 3.95. The highest BCUT2D eigenvalue weighted by molar-refractivity contribution is 5.99.